The normalized spacial score (nSPS) is 11.7. The molecule has 0 saturated heterocycles. The predicted octanol–water partition coefficient (Wildman–Crippen LogP) is 3.28. The first-order valence-electron chi connectivity index (χ1n) is 9.28. The van der Waals surface area contributed by atoms with Crippen molar-refractivity contribution in [3.63, 3.8) is 0 Å². The van der Waals surface area contributed by atoms with Gasteiger partial charge in [-0.1, -0.05) is 24.3 Å². The standard InChI is InChI=1S/C21H26FN5/c1-16-26-19-6-3-4-7-20(19)27(16)15-5-13-24-21(23-2)25-14-12-17-8-10-18(22)11-9-17/h3-4,6-11H,5,12-15H2,1-2H3,(H2,23,24,25). The lowest BCUT2D eigenvalue weighted by Gasteiger charge is -2.13. The molecule has 142 valence electrons. The fourth-order valence-electron chi connectivity index (χ4n) is 3.12. The number of hydrogen-bond donors (Lipinski definition) is 2. The SMILES string of the molecule is CN=C(NCCCn1c(C)nc2ccccc21)NCCc1ccc(F)cc1. The van der Waals surface area contributed by atoms with E-state index in [1.807, 2.05) is 37.3 Å². The molecule has 27 heavy (non-hydrogen) atoms. The maximum absolute atomic E-state index is 12.9. The smallest absolute Gasteiger partial charge is 0.190 e. The quantitative estimate of drug-likeness (QED) is 0.383. The van der Waals surface area contributed by atoms with Crippen LogP contribution in [0.15, 0.2) is 53.5 Å². The van der Waals surface area contributed by atoms with Crippen LogP contribution in [0.25, 0.3) is 11.0 Å². The third-order valence-corrected chi connectivity index (χ3v) is 4.54. The molecule has 0 unspecified atom stereocenters. The second kappa shape index (κ2) is 9.16. The Morgan fingerprint density at radius 2 is 1.81 bits per heavy atom. The van der Waals surface area contributed by atoms with Gasteiger partial charge in [0.15, 0.2) is 5.96 Å². The van der Waals surface area contributed by atoms with Gasteiger partial charge in [-0.2, -0.15) is 0 Å². The first-order valence-corrected chi connectivity index (χ1v) is 9.28. The van der Waals surface area contributed by atoms with Crippen LogP contribution in [0.4, 0.5) is 4.39 Å². The van der Waals surface area contributed by atoms with Crippen LogP contribution in [0.1, 0.15) is 17.8 Å². The summed E-state index contributed by atoms with van der Waals surface area (Å²) in [6, 6.07) is 14.8. The highest BCUT2D eigenvalue weighted by Gasteiger charge is 2.06. The van der Waals surface area contributed by atoms with Crippen molar-refractivity contribution in [3.8, 4) is 0 Å². The van der Waals surface area contributed by atoms with Crippen LogP contribution in [0, 0.1) is 12.7 Å². The molecule has 1 heterocycles. The Balaban J connectivity index is 1.42. The molecule has 2 aromatic carbocycles. The molecular weight excluding hydrogens is 341 g/mol. The zero-order valence-corrected chi connectivity index (χ0v) is 15.9. The summed E-state index contributed by atoms with van der Waals surface area (Å²) in [6.07, 6.45) is 1.79. The summed E-state index contributed by atoms with van der Waals surface area (Å²) in [5.41, 5.74) is 3.32. The molecule has 0 aliphatic carbocycles. The Labute approximate surface area is 159 Å². The minimum absolute atomic E-state index is 0.204. The van der Waals surface area contributed by atoms with Gasteiger partial charge in [0, 0.05) is 26.7 Å². The average Bonchev–Trinajstić information content (AvgIpc) is 3.00. The number of aryl methyl sites for hydroxylation is 2. The summed E-state index contributed by atoms with van der Waals surface area (Å²) in [6.45, 7) is 4.52. The van der Waals surface area contributed by atoms with Gasteiger partial charge in [-0.25, -0.2) is 9.37 Å². The molecule has 1 aromatic heterocycles. The van der Waals surface area contributed by atoms with Crippen molar-refractivity contribution < 1.29 is 4.39 Å². The van der Waals surface area contributed by atoms with E-state index in [0.29, 0.717) is 0 Å². The van der Waals surface area contributed by atoms with Gasteiger partial charge < -0.3 is 15.2 Å². The van der Waals surface area contributed by atoms with Crippen LogP contribution in [0.5, 0.6) is 0 Å². The fourth-order valence-corrected chi connectivity index (χ4v) is 3.12. The largest absolute Gasteiger partial charge is 0.356 e. The number of hydrogen-bond acceptors (Lipinski definition) is 2. The van der Waals surface area contributed by atoms with Crippen molar-refractivity contribution in [3.05, 3.63) is 65.7 Å². The highest BCUT2D eigenvalue weighted by Crippen LogP contribution is 2.15. The summed E-state index contributed by atoms with van der Waals surface area (Å²) in [5.74, 6) is 1.62. The molecule has 3 rings (SSSR count). The number of fused-ring (bicyclic) bond motifs is 1. The average molecular weight is 367 g/mol. The van der Waals surface area contributed by atoms with Crippen molar-refractivity contribution in [1.82, 2.24) is 20.2 Å². The van der Waals surface area contributed by atoms with Gasteiger partial charge in [0.2, 0.25) is 0 Å². The summed E-state index contributed by atoms with van der Waals surface area (Å²) in [7, 11) is 1.76. The van der Waals surface area contributed by atoms with Gasteiger partial charge in [0.1, 0.15) is 11.6 Å². The molecule has 0 saturated carbocycles. The molecule has 0 spiro atoms. The number of halogens is 1. The second-order valence-corrected chi connectivity index (χ2v) is 6.46. The first-order chi connectivity index (χ1) is 13.2. The van der Waals surface area contributed by atoms with E-state index in [9.17, 15) is 4.39 Å². The monoisotopic (exact) mass is 367 g/mol. The van der Waals surface area contributed by atoms with Crippen molar-refractivity contribution in [2.75, 3.05) is 20.1 Å². The molecule has 0 aliphatic heterocycles. The van der Waals surface area contributed by atoms with Crippen molar-refractivity contribution >= 4 is 17.0 Å². The Morgan fingerprint density at radius 3 is 2.59 bits per heavy atom. The molecule has 0 aliphatic rings. The number of aromatic nitrogens is 2. The third-order valence-electron chi connectivity index (χ3n) is 4.54. The first kappa shape index (κ1) is 18.9. The van der Waals surface area contributed by atoms with Crippen LogP contribution in [-0.2, 0) is 13.0 Å². The minimum Gasteiger partial charge on any atom is -0.356 e. The zero-order chi connectivity index (χ0) is 19.1. The number of imidazole rings is 1. The van der Waals surface area contributed by atoms with E-state index >= 15 is 0 Å². The number of guanidine groups is 1. The highest BCUT2D eigenvalue weighted by molar-refractivity contribution is 5.79. The van der Waals surface area contributed by atoms with Crippen molar-refractivity contribution in [1.29, 1.82) is 0 Å². The molecule has 5 nitrogen and oxygen atoms in total. The lowest BCUT2D eigenvalue weighted by molar-refractivity contribution is 0.623. The van der Waals surface area contributed by atoms with E-state index < -0.39 is 0 Å². The van der Waals surface area contributed by atoms with Gasteiger partial charge >= 0.3 is 0 Å². The number of aliphatic imine (C=N–C) groups is 1. The molecule has 3 aromatic rings. The Hall–Kier alpha value is -2.89. The summed E-state index contributed by atoms with van der Waals surface area (Å²) in [5, 5.41) is 6.63. The molecule has 0 amide bonds. The van der Waals surface area contributed by atoms with Crippen LogP contribution >= 0.6 is 0 Å². The molecule has 0 atom stereocenters. The number of nitrogens with zero attached hydrogens (tertiary/aromatic N) is 3. The van der Waals surface area contributed by atoms with Crippen LogP contribution < -0.4 is 10.6 Å². The van der Waals surface area contributed by atoms with Gasteiger partial charge in [-0.15, -0.1) is 0 Å². The van der Waals surface area contributed by atoms with Crippen molar-refractivity contribution in [2.24, 2.45) is 4.99 Å². The minimum atomic E-state index is -0.204. The van der Waals surface area contributed by atoms with E-state index in [4.69, 9.17) is 0 Å². The van der Waals surface area contributed by atoms with Crippen LogP contribution in [0.2, 0.25) is 0 Å². The van der Waals surface area contributed by atoms with Gasteiger partial charge in [-0.3, -0.25) is 4.99 Å². The Kier molecular flexibility index (Phi) is 6.41. The topological polar surface area (TPSA) is 54.2 Å². The van der Waals surface area contributed by atoms with Gasteiger partial charge in [0.05, 0.1) is 11.0 Å². The molecule has 6 heteroatoms. The molecule has 2 N–H and O–H groups in total. The lowest BCUT2D eigenvalue weighted by atomic mass is 10.1. The van der Waals surface area contributed by atoms with Crippen LogP contribution in [-0.4, -0.2) is 35.6 Å². The number of rotatable bonds is 7. The fraction of sp³-hybridized carbons (Fsp3) is 0.333. The molecule has 0 bridgehead atoms. The number of para-hydroxylation sites is 2. The van der Waals surface area contributed by atoms with E-state index in [1.54, 1.807) is 7.05 Å². The maximum Gasteiger partial charge on any atom is 0.190 e. The van der Waals surface area contributed by atoms with E-state index in [0.717, 1.165) is 55.3 Å². The van der Waals surface area contributed by atoms with Crippen molar-refractivity contribution in [2.45, 2.75) is 26.3 Å². The van der Waals surface area contributed by atoms with Gasteiger partial charge in [0.25, 0.3) is 0 Å². The Bertz CT molecular complexity index is 899. The predicted molar refractivity (Wildman–Crippen MR) is 109 cm³/mol. The Morgan fingerprint density at radius 1 is 1.07 bits per heavy atom. The summed E-state index contributed by atoms with van der Waals surface area (Å²) in [4.78, 5) is 8.85. The summed E-state index contributed by atoms with van der Waals surface area (Å²) < 4.78 is 15.2. The van der Waals surface area contributed by atoms with E-state index in [2.05, 4.69) is 31.2 Å². The maximum atomic E-state index is 12.9. The zero-order valence-electron chi connectivity index (χ0n) is 15.9. The highest BCUT2D eigenvalue weighted by atomic mass is 19.1. The summed E-state index contributed by atoms with van der Waals surface area (Å²) >= 11 is 0. The molecule has 0 fully saturated rings. The van der Waals surface area contributed by atoms with Gasteiger partial charge in [-0.05, 0) is 49.6 Å². The lowest BCUT2D eigenvalue weighted by Crippen LogP contribution is -2.39. The molecule has 0 radical (unpaired) electrons. The third kappa shape index (κ3) is 5.06. The molecular formula is C21H26FN5. The number of nitrogens with one attached hydrogen (secondary N) is 2. The second-order valence-electron chi connectivity index (χ2n) is 6.46. The van der Waals surface area contributed by atoms with E-state index in [-0.39, 0.29) is 5.82 Å². The van der Waals surface area contributed by atoms with Crippen LogP contribution in [0.3, 0.4) is 0 Å². The number of benzene rings is 2. The van der Waals surface area contributed by atoms with E-state index in [1.165, 1.54) is 17.6 Å².